The molecule has 0 saturated carbocycles. The van der Waals surface area contributed by atoms with E-state index in [4.69, 9.17) is 0 Å². The predicted octanol–water partition coefficient (Wildman–Crippen LogP) is 4.18. The van der Waals surface area contributed by atoms with Gasteiger partial charge in [0.1, 0.15) is 0 Å². The molecule has 1 aliphatic carbocycles. The molecule has 1 aromatic carbocycles. The summed E-state index contributed by atoms with van der Waals surface area (Å²) in [5, 5.41) is 0. The van der Waals surface area contributed by atoms with Gasteiger partial charge in [0.15, 0.2) is 0 Å². The Morgan fingerprint density at radius 2 is 1.94 bits per heavy atom. The highest BCUT2D eigenvalue weighted by Crippen LogP contribution is 2.44. The van der Waals surface area contributed by atoms with Gasteiger partial charge in [0, 0.05) is 23.0 Å². The van der Waals surface area contributed by atoms with Crippen LogP contribution in [0.2, 0.25) is 0 Å². The minimum atomic E-state index is 0.180. The van der Waals surface area contributed by atoms with Crippen LogP contribution in [-0.4, -0.2) is 0 Å². The summed E-state index contributed by atoms with van der Waals surface area (Å²) in [6, 6.07) is 8.70. The van der Waals surface area contributed by atoms with Crippen molar-refractivity contribution in [3.8, 4) is 0 Å². The minimum absolute atomic E-state index is 0.180. The quantitative estimate of drug-likeness (QED) is 0.690. The van der Waals surface area contributed by atoms with Gasteiger partial charge < -0.3 is 4.90 Å². The van der Waals surface area contributed by atoms with Crippen LogP contribution >= 0.6 is 0 Å². The Balaban J connectivity index is 2.00. The summed E-state index contributed by atoms with van der Waals surface area (Å²) in [4.78, 5) is 2.29. The summed E-state index contributed by atoms with van der Waals surface area (Å²) in [5.74, 6) is 0. The lowest BCUT2D eigenvalue weighted by Gasteiger charge is -2.30. The van der Waals surface area contributed by atoms with Crippen molar-refractivity contribution in [2.45, 2.75) is 20.3 Å². The molecule has 0 spiro atoms. The van der Waals surface area contributed by atoms with E-state index in [0.29, 0.717) is 0 Å². The first kappa shape index (κ1) is 10.4. The summed E-state index contributed by atoms with van der Waals surface area (Å²) < 4.78 is 0. The van der Waals surface area contributed by atoms with Crippen molar-refractivity contribution in [2.75, 3.05) is 4.90 Å². The van der Waals surface area contributed by atoms with Crippen LogP contribution in [0.1, 0.15) is 18.9 Å². The maximum Gasteiger partial charge on any atom is 0.0452 e. The molecule has 0 aromatic heterocycles. The fraction of sp³-hybridized carbons (Fsp3) is 0.250. The largest absolute Gasteiger partial charge is 0.320 e. The number of aryl methyl sites for hydroxylation is 1. The number of anilines is 1. The molecule has 86 valence electrons. The highest BCUT2D eigenvalue weighted by atomic mass is 15.2. The van der Waals surface area contributed by atoms with Crippen molar-refractivity contribution in [3.63, 3.8) is 0 Å². The standard InChI is InChI=1S/C16H17N/c1-13-6-8-14(9-7-13)17-12-11-16(2)10-4-3-5-15(16)17/h3-9,11-12H,10H2,1-2H3. The SMILES string of the molecule is Cc1ccc(N2C=CC3(C)CC=CC=C23)cc1. The van der Waals surface area contributed by atoms with Crippen LogP contribution in [0.3, 0.4) is 0 Å². The summed E-state index contributed by atoms with van der Waals surface area (Å²) in [6.07, 6.45) is 12.2. The minimum Gasteiger partial charge on any atom is -0.320 e. The van der Waals surface area contributed by atoms with E-state index in [1.807, 2.05) is 0 Å². The molecule has 0 amide bonds. The van der Waals surface area contributed by atoms with E-state index in [2.05, 4.69) is 73.5 Å². The third kappa shape index (κ3) is 1.62. The third-order valence-electron chi connectivity index (χ3n) is 3.68. The van der Waals surface area contributed by atoms with Gasteiger partial charge in [0.05, 0.1) is 0 Å². The molecule has 1 heterocycles. The molecule has 0 N–H and O–H groups in total. The molecule has 3 rings (SSSR count). The van der Waals surface area contributed by atoms with Gasteiger partial charge >= 0.3 is 0 Å². The number of allylic oxidation sites excluding steroid dienone is 4. The second-order valence-electron chi connectivity index (χ2n) is 5.12. The smallest absolute Gasteiger partial charge is 0.0452 e. The molecule has 1 aromatic rings. The van der Waals surface area contributed by atoms with E-state index in [9.17, 15) is 0 Å². The molecule has 1 atom stereocenters. The van der Waals surface area contributed by atoms with E-state index in [-0.39, 0.29) is 5.41 Å². The number of benzene rings is 1. The van der Waals surface area contributed by atoms with Gasteiger partial charge in [-0.05, 0) is 31.6 Å². The Kier molecular flexibility index (Phi) is 2.22. The zero-order chi connectivity index (χ0) is 11.9. The summed E-state index contributed by atoms with van der Waals surface area (Å²) in [5.41, 5.74) is 4.11. The lowest BCUT2D eigenvalue weighted by molar-refractivity contribution is 0.527. The van der Waals surface area contributed by atoms with Gasteiger partial charge in [-0.1, -0.05) is 42.8 Å². The molecular weight excluding hydrogens is 206 g/mol. The van der Waals surface area contributed by atoms with E-state index in [0.717, 1.165) is 6.42 Å². The van der Waals surface area contributed by atoms with E-state index >= 15 is 0 Å². The monoisotopic (exact) mass is 223 g/mol. The second-order valence-corrected chi connectivity index (χ2v) is 5.12. The molecule has 0 saturated heterocycles. The first-order valence-corrected chi connectivity index (χ1v) is 6.12. The third-order valence-corrected chi connectivity index (χ3v) is 3.68. The van der Waals surface area contributed by atoms with Gasteiger partial charge in [-0.3, -0.25) is 0 Å². The van der Waals surface area contributed by atoms with E-state index < -0.39 is 0 Å². The zero-order valence-corrected chi connectivity index (χ0v) is 10.4. The molecule has 0 fully saturated rings. The van der Waals surface area contributed by atoms with E-state index in [1.54, 1.807) is 0 Å². The average Bonchev–Trinajstić information content (AvgIpc) is 2.68. The highest BCUT2D eigenvalue weighted by Gasteiger charge is 2.34. The number of fused-ring (bicyclic) bond motifs is 1. The van der Waals surface area contributed by atoms with Crippen LogP contribution < -0.4 is 4.90 Å². The van der Waals surface area contributed by atoms with Crippen molar-refractivity contribution in [1.29, 1.82) is 0 Å². The van der Waals surface area contributed by atoms with Crippen LogP contribution in [0.15, 0.2) is 60.5 Å². The first-order valence-electron chi connectivity index (χ1n) is 6.12. The predicted molar refractivity (Wildman–Crippen MR) is 72.7 cm³/mol. The van der Waals surface area contributed by atoms with Crippen molar-refractivity contribution >= 4 is 5.69 Å². The van der Waals surface area contributed by atoms with Gasteiger partial charge in [0.2, 0.25) is 0 Å². The molecule has 0 radical (unpaired) electrons. The van der Waals surface area contributed by atoms with Crippen molar-refractivity contribution in [1.82, 2.24) is 0 Å². The van der Waals surface area contributed by atoms with Crippen LogP contribution in [0, 0.1) is 12.3 Å². The van der Waals surface area contributed by atoms with Crippen LogP contribution in [0.5, 0.6) is 0 Å². The fourth-order valence-electron chi connectivity index (χ4n) is 2.53. The lowest BCUT2D eigenvalue weighted by atomic mass is 9.82. The summed E-state index contributed by atoms with van der Waals surface area (Å²) in [7, 11) is 0. The summed E-state index contributed by atoms with van der Waals surface area (Å²) in [6.45, 7) is 4.42. The van der Waals surface area contributed by atoms with Crippen molar-refractivity contribution < 1.29 is 0 Å². The Hall–Kier alpha value is -1.76. The Bertz CT molecular complexity index is 519. The van der Waals surface area contributed by atoms with E-state index in [1.165, 1.54) is 16.9 Å². The zero-order valence-electron chi connectivity index (χ0n) is 10.4. The topological polar surface area (TPSA) is 3.24 Å². The molecule has 1 aliphatic heterocycles. The average molecular weight is 223 g/mol. The normalized spacial score (nSPS) is 26.0. The van der Waals surface area contributed by atoms with Gasteiger partial charge in [-0.2, -0.15) is 0 Å². The van der Waals surface area contributed by atoms with Gasteiger partial charge in [-0.15, -0.1) is 0 Å². The number of nitrogens with zero attached hydrogens (tertiary/aromatic N) is 1. The first-order chi connectivity index (χ1) is 8.19. The van der Waals surface area contributed by atoms with Crippen molar-refractivity contribution in [2.24, 2.45) is 5.41 Å². The number of hydrogen-bond donors (Lipinski definition) is 0. The van der Waals surface area contributed by atoms with Crippen LogP contribution in [-0.2, 0) is 0 Å². The fourth-order valence-corrected chi connectivity index (χ4v) is 2.53. The maximum absolute atomic E-state index is 2.31. The highest BCUT2D eigenvalue weighted by molar-refractivity contribution is 5.62. The van der Waals surface area contributed by atoms with Crippen molar-refractivity contribution in [3.05, 3.63) is 66.0 Å². The molecule has 1 unspecified atom stereocenters. The van der Waals surface area contributed by atoms with Crippen LogP contribution in [0.25, 0.3) is 0 Å². The number of rotatable bonds is 1. The molecule has 0 bridgehead atoms. The number of hydrogen-bond acceptors (Lipinski definition) is 1. The molecular formula is C16H17N. The van der Waals surface area contributed by atoms with Crippen LogP contribution in [0.4, 0.5) is 5.69 Å². The summed E-state index contributed by atoms with van der Waals surface area (Å²) >= 11 is 0. The Morgan fingerprint density at radius 3 is 2.71 bits per heavy atom. The van der Waals surface area contributed by atoms with Gasteiger partial charge in [-0.25, -0.2) is 0 Å². The lowest BCUT2D eigenvalue weighted by Crippen LogP contribution is -2.23. The molecule has 17 heavy (non-hydrogen) atoms. The second kappa shape index (κ2) is 3.63. The van der Waals surface area contributed by atoms with Gasteiger partial charge in [0.25, 0.3) is 0 Å². The molecule has 2 aliphatic rings. The Labute approximate surface area is 103 Å². The maximum atomic E-state index is 2.31. The Morgan fingerprint density at radius 1 is 1.18 bits per heavy atom. The molecule has 1 heteroatoms. The molecule has 1 nitrogen and oxygen atoms in total.